The zero-order valence-corrected chi connectivity index (χ0v) is 8.11. The lowest BCUT2D eigenvalue weighted by atomic mass is 10.5. The van der Waals surface area contributed by atoms with Crippen LogP contribution in [0.3, 0.4) is 0 Å². The van der Waals surface area contributed by atoms with Gasteiger partial charge in [0.15, 0.2) is 0 Å². The zero-order chi connectivity index (χ0) is 7.98. The van der Waals surface area contributed by atoms with Gasteiger partial charge in [-0.3, -0.25) is 9.69 Å². The summed E-state index contributed by atoms with van der Waals surface area (Å²) in [7, 11) is 1.89. The van der Waals surface area contributed by atoms with Crippen molar-refractivity contribution in [2.24, 2.45) is 0 Å². The Balaban J connectivity index is 0. The van der Waals surface area contributed by atoms with Crippen molar-refractivity contribution in [3.05, 3.63) is 0 Å². The topological polar surface area (TPSA) is 29.5 Å². The summed E-state index contributed by atoms with van der Waals surface area (Å²) in [6.45, 7) is 5.54. The maximum Gasteiger partial charge on any atom is 0.320 e. The molecule has 11 heavy (non-hydrogen) atoms. The third-order valence-corrected chi connectivity index (χ3v) is 1.24. The first-order valence-electron chi connectivity index (χ1n) is 3.54. The molecule has 0 aliphatic carbocycles. The lowest BCUT2D eigenvalue weighted by Gasteiger charge is -2.11. The van der Waals surface area contributed by atoms with Gasteiger partial charge in [-0.2, -0.15) is 0 Å². The van der Waals surface area contributed by atoms with Gasteiger partial charge in [-0.25, -0.2) is 0 Å². The number of hydrogen-bond acceptors (Lipinski definition) is 3. The highest BCUT2D eigenvalue weighted by atomic mass is 35.5. The fourth-order valence-electron chi connectivity index (χ4n) is 0.539. The molecule has 0 unspecified atom stereocenters. The van der Waals surface area contributed by atoms with E-state index in [1.54, 1.807) is 0 Å². The van der Waals surface area contributed by atoms with Crippen molar-refractivity contribution in [1.29, 1.82) is 0 Å². The average molecular weight is 182 g/mol. The molecule has 0 saturated heterocycles. The van der Waals surface area contributed by atoms with E-state index in [0.29, 0.717) is 13.2 Å². The Morgan fingerprint density at radius 2 is 2.00 bits per heavy atom. The highest BCUT2D eigenvalue weighted by Gasteiger charge is 2.03. The summed E-state index contributed by atoms with van der Waals surface area (Å²) < 4.78 is 4.73. The minimum Gasteiger partial charge on any atom is -0.465 e. The third kappa shape index (κ3) is 7.62. The number of esters is 1. The first-order valence-corrected chi connectivity index (χ1v) is 3.54. The van der Waals surface area contributed by atoms with Gasteiger partial charge in [0.2, 0.25) is 0 Å². The number of carbonyl (C=O) groups excluding carboxylic acids is 1. The number of hydrogen-bond donors (Lipinski definition) is 0. The molecular formula is C7H16ClNO2. The van der Waals surface area contributed by atoms with E-state index >= 15 is 0 Å². The summed E-state index contributed by atoms with van der Waals surface area (Å²) in [6, 6.07) is 0. The van der Waals surface area contributed by atoms with Crippen molar-refractivity contribution >= 4 is 18.4 Å². The van der Waals surface area contributed by atoms with E-state index in [-0.39, 0.29) is 18.4 Å². The van der Waals surface area contributed by atoms with Crippen molar-refractivity contribution in [2.75, 3.05) is 26.7 Å². The van der Waals surface area contributed by atoms with Gasteiger partial charge in [0.05, 0.1) is 13.2 Å². The van der Waals surface area contributed by atoms with Crippen LogP contribution in [0.5, 0.6) is 0 Å². The molecule has 3 nitrogen and oxygen atoms in total. The second-order valence-electron chi connectivity index (χ2n) is 2.14. The van der Waals surface area contributed by atoms with Gasteiger partial charge in [-0.1, -0.05) is 6.92 Å². The van der Waals surface area contributed by atoms with Crippen LogP contribution in [-0.2, 0) is 9.53 Å². The van der Waals surface area contributed by atoms with Crippen LogP contribution >= 0.6 is 12.4 Å². The zero-order valence-electron chi connectivity index (χ0n) is 7.29. The Hall–Kier alpha value is -0.280. The number of rotatable bonds is 4. The number of halogens is 1. The number of nitrogens with zero attached hydrogens (tertiary/aromatic N) is 1. The molecule has 68 valence electrons. The Labute approximate surface area is 74.1 Å². The second-order valence-corrected chi connectivity index (χ2v) is 2.14. The van der Waals surface area contributed by atoms with Crippen molar-refractivity contribution in [3.8, 4) is 0 Å². The monoisotopic (exact) mass is 181 g/mol. The molecule has 0 bridgehead atoms. The fraction of sp³-hybridized carbons (Fsp3) is 0.857. The van der Waals surface area contributed by atoms with Gasteiger partial charge in [-0.05, 0) is 20.5 Å². The van der Waals surface area contributed by atoms with Crippen LogP contribution in [0.25, 0.3) is 0 Å². The number of carbonyl (C=O) groups is 1. The van der Waals surface area contributed by atoms with Gasteiger partial charge in [0, 0.05) is 0 Å². The molecule has 0 aliphatic heterocycles. The molecule has 0 radical (unpaired) electrons. The molecule has 0 amide bonds. The normalized spacial score (nSPS) is 9.09. The van der Waals surface area contributed by atoms with Crippen molar-refractivity contribution < 1.29 is 9.53 Å². The number of ether oxygens (including phenoxy) is 1. The van der Waals surface area contributed by atoms with E-state index in [1.165, 1.54) is 0 Å². The summed E-state index contributed by atoms with van der Waals surface area (Å²) in [6.07, 6.45) is 0. The van der Waals surface area contributed by atoms with E-state index < -0.39 is 0 Å². The SMILES string of the molecule is CCOC(=O)CN(C)CC.Cl. The quantitative estimate of drug-likeness (QED) is 0.605. The summed E-state index contributed by atoms with van der Waals surface area (Å²) in [5.74, 6) is -0.146. The smallest absolute Gasteiger partial charge is 0.320 e. The summed E-state index contributed by atoms with van der Waals surface area (Å²) >= 11 is 0. The Morgan fingerprint density at radius 1 is 1.45 bits per heavy atom. The fourth-order valence-corrected chi connectivity index (χ4v) is 0.539. The maximum absolute atomic E-state index is 10.7. The van der Waals surface area contributed by atoms with Crippen molar-refractivity contribution in [1.82, 2.24) is 4.90 Å². The summed E-state index contributed by atoms with van der Waals surface area (Å²) in [5.41, 5.74) is 0. The molecular weight excluding hydrogens is 166 g/mol. The molecule has 0 aromatic heterocycles. The van der Waals surface area contributed by atoms with E-state index in [1.807, 2.05) is 25.8 Å². The molecule has 0 spiro atoms. The summed E-state index contributed by atoms with van der Waals surface area (Å²) in [4.78, 5) is 12.6. The van der Waals surface area contributed by atoms with Crippen LogP contribution in [0.1, 0.15) is 13.8 Å². The van der Waals surface area contributed by atoms with Crippen molar-refractivity contribution in [2.45, 2.75) is 13.8 Å². The molecule has 0 saturated carbocycles. The average Bonchev–Trinajstić information content (AvgIpc) is 1.88. The van der Waals surface area contributed by atoms with Crippen LogP contribution in [0, 0.1) is 0 Å². The second kappa shape index (κ2) is 7.82. The largest absolute Gasteiger partial charge is 0.465 e. The van der Waals surface area contributed by atoms with Crippen molar-refractivity contribution in [3.63, 3.8) is 0 Å². The van der Waals surface area contributed by atoms with E-state index in [2.05, 4.69) is 0 Å². The standard InChI is InChI=1S/C7H15NO2.ClH/c1-4-8(3)6-7(9)10-5-2;/h4-6H2,1-3H3;1H. The predicted octanol–water partition coefficient (Wildman–Crippen LogP) is 0.923. The predicted molar refractivity (Wildman–Crippen MR) is 47.1 cm³/mol. The Kier molecular flexibility index (Phi) is 9.47. The van der Waals surface area contributed by atoms with Crippen LogP contribution in [0.2, 0.25) is 0 Å². The van der Waals surface area contributed by atoms with Crippen LogP contribution in [0.15, 0.2) is 0 Å². The molecule has 0 aliphatic rings. The van der Waals surface area contributed by atoms with E-state index in [0.717, 1.165) is 6.54 Å². The first kappa shape index (κ1) is 13.3. The van der Waals surface area contributed by atoms with Crippen LogP contribution in [-0.4, -0.2) is 37.6 Å². The Morgan fingerprint density at radius 3 is 2.36 bits per heavy atom. The molecule has 0 atom stereocenters. The van der Waals surface area contributed by atoms with Gasteiger partial charge in [0.25, 0.3) is 0 Å². The third-order valence-electron chi connectivity index (χ3n) is 1.24. The maximum atomic E-state index is 10.7. The molecule has 0 rings (SSSR count). The van der Waals surface area contributed by atoms with E-state index in [9.17, 15) is 4.79 Å². The molecule has 0 fully saturated rings. The van der Waals surface area contributed by atoms with Gasteiger partial charge in [-0.15, -0.1) is 12.4 Å². The Bertz CT molecular complexity index is 109. The van der Waals surface area contributed by atoms with Gasteiger partial charge >= 0.3 is 5.97 Å². The minimum atomic E-state index is -0.146. The van der Waals surface area contributed by atoms with E-state index in [4.69, 9.17) is 4.74 Å². The van der Waals surface area contributed by atoms with Gasteiger partial charge in [0.1, 0.15) is 0 Å². The molecule has 4 heteroatoms. The minimum absolute atomic E-state index is 0. The first-order chi connectivity index (χ1) is 4.70. The molecule has 0 aromatic rings. The molecule has 0 aromatic carbocycles. The van der Waals surface area contributed by atoms with Gasteiger partial charge < -0.3 is 4.74 Å². The lowest BCUT2D eigenvalue weighted by Crippen LogP contribution is -2.26. The number of likely N-dealkylation sites (N-methyl/N-ethyl adjacent to an activating group) is 1. The van der Waals surface area contributed by atoms with Crippen LogP contribution < -0.4 is 0 Å². The molecule has 0 N–H and O–H groups in total. The lowest BCUT2D eigenvalue weighted by molar-refractivity contribution is -0.144. The highest BCUT2D eigenvalue weighted by molar-refractivity contribution is 5.85. The van der Waals surface area contributed by atoms with Crippen LogP contribution in [0.4, 0.5) is 0 Å². The highest BCUT2D eigenvalue weighted by Crippen LogP contribution is 1.83. The summed E-state index contributed by atoms with van der Waals surface area (Å²) in [5, 5.41) is 0. The molecule has 0 heterocycles.